The molecule has 6 heteroatoms. The number of hydrogen-bond acceptors (Lipinski definition) is 6. The Kier molecular flexibility index (Phi) is 4.81. The topological polar surface area (TPSA) is 108 Å². The fourth-order valence-corrected chi connectivity index (χ4v) is 2.53. The Bertz CT molecular complexity index is 993. The van der Waals surface area contributed by atoms with E-state index < -0.39 is 0 Å². The summed E-state index contributed by atoms with van der Waals surface area (Å²) in [5, 5.41) is 21.0. The van der Waals surface area contributed by atoms with Crippen molar-refractivity contribution in [2.24, 2.45) is 0 Å². The van der Waals surface area contributed by atoms with E-state index in [1.165, 1.54) is 0 Å². The van der Waals surface area contributed by atoms with Gasteiger partial charge in [-0.2, -0.15) is 5.26 Å². The van der Waals surface area contributed by atoms with Gasteiger partial charge in [0.15, 0.2) is 0 Å². The maximum atomic E-state index is 9.35. The highest BCUT2D eigenvalue weighted by Gasteiger charge is 2.11. The molecule has 0 aliphatic carbocycles. The minimum Gasteiger partial charge on any atom is -0.497 e. The summed E-state index contributed by atoms with van der Waals surface area (Å²) in [6, 6.07) is 16.2. The molecule has 0 spiro atoms. The zero-order valence-corrected chi connectivity index (χ0v) is 14.2. The van der Waals surface area contributed by atoms with Crippen LogP contribution in [0, 0.1) is 16.7 Å². The number of nitrogen functional groups attached to an aromatic ring is 1. The van der Waals surface area contributed by atoms with Gasteiger partial charge in [-0.15, -0.1) is 0 Å². The predicted octanol–water partition coefficient (Wildman–Crippen LogP) is 3.70. The van der Waals surface area contributed by atoms with Gasteiger partial charge in [-0.1, -0.05) is 0 Å². The molecule has 1 heterocycles. The summed E-state index contributed by atoms with van der Waals surface area (Å²) in [5.41, 5.74) is 10.1. The second-order valence-electron chi connectivity index (χ2n) is 5.56. The van der Waals surface area contributed by atoms with Gasteiger partial charge in [0.1, 0.15) is 11.8 Å². The Morgan fingerprint density at radius 2 is 1.92 bits per heavy atom. The van der Waals surface area contributed by atoms with Gasteiger partial charge in [0.2, 0.25) is 0 Å². The number of rotatable bonds is 5. The molecular weight excluding hydrogens is 326 g/mol. The molecule has 0 aliphatic rings. The van der Waals surface area contributed by atoms with E-state index >= 15 is 0 Å². The zero-order chi connectivity index (χ0) is 18.5. The van der Waals surface area contributed by atoms with Gasteiger partial charge in [0.05, 0.1) is 24.1 Å². The van der Waals surface area contributed by atoms with Crippen LogP contribution in [0.3, 0.4) is 0 Å². The molecule has 0 atom stereocenters. The van der Waals surface area contributed by atoms with E-state index in [4.69, 9.17) is 15.9 Å². The highest BCUT2D eigenvalue weighted by molar-refractivity contribution is 6.14. The summed E-state index contributed by atoms with van der Waals surface area (Å²) in [4.78, 5) is 3.97. The summed E-state index contributed by atoms with van der Waals surface area (Å²) in [6.07, 6.45) is 3.28. The first kappa shape index (κ1) is 17.0. The first-order chi connectivity index (χ1) is 12.6. The van der Waals surface area contributed by atoms with Gasteiger partial charge in [0.25, 0.3) is 0 Å². The molecule has 0 saturated carbocycles. The van der Waals surface area contributed by atoms with E-state index in [1.54, 1.807) is 62.0 Å². The highest BCUT2D eigenvalue weighted by Crippen LogP contribution is 2.27. The molecule has 4 N–H and O–H groups in total. The summed E-state index contributed by atoms with van der Waals surface area (Å²) in [5.74, 6) is 0.615. The van der Waals surface area contributed by atoms with Crippen molar-refractivity contribution in [2.45, 2.75) is 0 Å². The van der Waals surface area contributed by atoms with E-state index in [2.05, 4.69) is 16.4 Å². The van der Waals surface area contributed by atoms with Crippen LogP contribution >= 0.6 is 0 Å². The molecule has 6 nitrogen and oxygen atoms in total. The van der Waals surface area contributed by atoms with Crippen molar-refractivity contribution in [3.63, 3.8) is 0 Å². The number of benzene rings is 2. The standard InChI is InChI=1S/C20H17N5O/c1-26-16-3-5-19(14(10-16)12-21)25-15-2-4-18(22)17(11-15)20(23)13-6-8-24-9-7-13/h2-11,23,25H,22H2,1H3. The Morgan fingerprint density at radius 3 is 2.62 bits per heavy atom. The van der Waals surface area contributed by atoms with Gasteiger partial charge in [0, 0.05) is 34.9 Å². The van der Waals surface area contributed by atoms with Crippen molar-refractivity contribution in [1.29, 1.82) is 10.7 Å². The van der Waals surface area contributed by atoms with Crippen LogP contribution in [0.4, 0.5) is 17.1 Å². The molecule has 0 bridgehead atoms. The van der Waals surface area contributed by atoms with Crippen molar-refractivity contribution in [2.75, 3.05) is 18.2 Å². The van der Waals surface area contributed by atoms with Crippen molar-refractivity contribution in [3.05, 3.63) is 77.6 Å². The van der Waals surface area contributed by atoms with Crippen LogP contribution in [0.5, 0.6) is 5.75 Å². The Morgan fingerprint density at radius 1 is 1.15 bits per heavy atom. The van der Waals surface area contributed by atoms with Crippen LogP contribution in [0.25, 0.3) is 0 Å². The van der Waals surface area contributed by atoms with Crippen LogP contribution < -0.4 is 15.8 Å². The maximum Gasteiger partial charge on any atom is 0.120 e. The van der Waals surface area contributed by atoms with E-state index in [-0.39, 0.29) is 0 Å². The molecule has 3 aromatic rings. The van der Waals surface area contributed by atoms with Crippen molar-refractivity contribution in [1.82, 2.24) is 4.98 Å². The number of ether oxygens (including phenoxy) is 1. The first-order valence-corrected chi connectivity index (χ1v) is 7.86. The molecule has 0 aliphatic heterocycles. The van der Waals surface area contributed by atoms with Crippen molar-refractivity contribution >= 4 is 22.8 Å². The summed E-state index contributed by atoms with van der Waals surface area (Å²) >= 11 is 0. The number of nitrogens with two attached hydrogens (primary N) is 1. The number of nitriles is 1. The Labute approximate surface area is 151 Å². The number of nitrogens with zero attached hydrogens (tertiary/aromatic N) is 2. The Hall–Kier alpha value is -3.85. The maximum absolute atomic E-state index is 9.35. The lowest BCUT2D eigenvalue weighted by molar-refractivity contribution is 0.414. The van der Waals surface area contributed by atoms with Crippen LogP contribution in [-0.4, -0.2) is 17.8 Å². The Balaban J connectivity index is 1.94. The van der Waals surface area contributed by atoms with Crippen molar-refractivity contribution in [3.8, 4) is 11.8 Å². The van der Waals surface area contributed by atoms with Gasteiger partial charge >= 0.3 is 0 Å². The van der Waals surface area contributed by atoms with Crippen LogP contribution in [0.15, 0.2) is 60.9 Å². The van der Waals surface area contributed by atoms with E-state index in [0.717, 1.165) is 11.3 Å². The summed E-state index contributed by atoms with van der Waals surface area (Å²) in [6.45, 7) is 0. The monoisotopic (exact) mass is 343 g/mol. The number of pyridine rings is 1. The molecular formula is C20H17N5O. The van der Waals surface area contributed by atoms with Crippen LogP contribution in [-0.2, 0) is 0 Å². The van der Waals surface area contributed by atoms with Gasteiger partial charge < -0.3 is 15.8 Å². The van der Waals surface area contributed by atoms with Gasteiger partial charge in [-0.3, -0.25) is 10.4 Å². The minimum atomic E-state index is 0.309. The average molecular weight is 343 g/mol. The largest absolute Gasteiger partial charge is 0.497 e. The van der Waals surface area contributed by atoms with Crippen LogP contribution in [0.2, 0.25) is 0 Å². The second kappa shape index (κ2) is 7.36. The number of anilines is 3. The third-order valence-corrected chi connectivity index (χ3v) is 3.92. The molecule has 1 aromatic heterocycles. The number of hydrogen-bond donors (Lipinski definition) is 3. The fourth-order valence-electron chi connectivity index (χ4n) is 2.53. The van der Waals surface area contributed by atoms with Crippen molar-refractivity contribution < 1.29 is 4.74 Å². The lowest BCUT2D eigenvalue weighted by Gasteiger charge is -2.13. The molecule has 26 heavy (non-hydrogen) atoms. The molecule has 128 valence electrons. The molecule has 0 unspecified atom stereocenters. The number of nitrogens with one attached hydrogen (secondary N) is 2. The summed E-state index contributed by atoms with van der Waals surface area (Å²) in [7, 11) is 1.56. The van der Waals surface area contributed by atoms with E-state index in [1.807, 2.05) is 6.07 Å². The molecule has 0 fully saturated rings. The fraction of sp³-hybridized carbons (Fsp3) is 0.0500. The number of methoxy groups -OCH3 is 1. The zero-order valence-electron chi connectivity index (χ0n) is 14.2. The minimum absolute atomic E-state index is 0.309. The quantitative estimate of drug-likeness (QED) is 0.483. The number of aromatic nitrogens is 1. The highest BCUT2D eigenvalue weighted by atomic mass is 16.5. The lowest BCUT2D eigenvalue weighted by Crippen LogP contribution is -2.06. The molecule has 2 aromatic carbocycles. The van der Waals surface area contributed by atoms with E-state index in [9.17, 15) is 5.26 Å². The molecule has 0 amide bonds. The van der Waals surface area contributed by atoms with E-state index in [0.29, 0.717) is 34.0 Å². The lowest BCUT2D eigenvalue weighted by atomic mass is 10.0. The second-order valence-corrected chi connectivity index (χ2v) is 5.56. The average Bonchev–Trinajstić information content (AvgIpc) is 2.69. The van der Waals surface area contributed by atoms with Crippen LogP contribution in [0.1, 0.15) is 16.7 Å². The third-order valence-electron chi connectivity index (χ3n) is 3.92. The SMILES string of the molecule is COc1ccc(Nc2ccc(N)c(C(=N)c3ccncc3)c2)c(C#N)c1. The predicted molar refractivity (Wildman–Crippen MR) is 102 cm³/mol. The normalized spacial score (nSPS) is 10.0. The smallest absolute Gasteiger partial charge is 0.120 e. The van der Waals surface area contributed by atoms with Gasteiger partial charge in [-0.05, 0) is 48.5 Å². The molecule has 0 saturated heterocycles. The third kappa shape index (κ3) is 3.47. The molecule has 3 rings (SSSR count). The van der Waals surface area contributed by atoms with Gasteiger partial charge in [-0.25, -0.2) is 0 Å². The summed E-state index contributed by atoms with van der Waals surface area (Å²) < 4.78 is 5.15. The first-order valence-electron chi connectivity index (χ1n) is 7.86. The molecule has 0 radical (unpaired) electrons.